The first-order chi connectivity index (χ1) is 15.3. The molecule has 0 spiro atoms. The second-order valence-corrected chi connectivity index (χ2v) is 6.90. The van der Waals surface area contributed by atoms with Crippen LogP contribution in [0.5, 0.6) is 5.75 Å². The van der Waals surface area contributed by atoms with Crippen molar-refractivity contribution in [2.24, 2.45) is 0 Å². The molecule has 2 aromatic carbocycles. The number of ether oxygens (including phenoxy) is 1. The van der Waals surface area contributed by atoms with Crippen LogP contribution in [-0.4, -0.2) is 72.0 Å². The lowest BCUT2D eigenvalue weighted by atomic mass is 10.1. The largest absolute Gasteiger partial charge is 0.508 e. The van der Waals surface area contributed by atoms with Gasteiger partial charge in [-0.2, -0.15) is 0 Å². The molecule has 11 heteroatoms. The fourth-order valence-electron chi connectivity index (χ4n) is 3.09. The molecule has 1 aliphatic rings. The molecule has 1 heterocycles. The molecule has 0 aliphatic carbocycles. The van der Waals surface area contributed by atoms with Crippen molar-refractivity contribution in [2.45, 2.75) is 0 Å². The number of aromatic hydroxyl groups is 1. The highest BCUT2D eigenvalue weighted by molar-refractivity contribution is 6.39. The number of carbonyl (C=O) groups excluding carboxylic acids is 4. The molecule has 0 atom stereocenters. The summed E-state index contributed by atoms with van der Waals surface area (Å²) >= 11 is 0. The van der Waals surface area contributed by atoms with Crippen molar-refractivity contribution in [2.75, 3.05) is 43.9 Å². The summed E-state index contributed by atoms with van der Waals surface area (Å²) < 4.78 is 18.2. The lowest BCUT2D eigenvalue weighted by Crippen LogP contribution is -2.53. The first-order valence-corrected chi connectivity index (χ1v) is 9.61. The maximum atomic E-state index is 13.8. The maximum Gasteiger partial charge on any atom is 0.411 e. The number of rotatable bonds is 3. The highest BCUT2D eigenvalue weighted by Gasteiger charge is 2.28. The number of hydrogen-bond acceptors (Lipinski definition) is 6. The molecule has 0 aromatic heterocycles. The van der Waals surface area contributed by atoms with Gasteiger partial charge in [0.2, 0.25) is 0 Å². The van der Waals surface area contributed by atoms with E-state index in [-0.39, 0.29) is 49.2 Å². The Bertz CT molecular complexity index is 1040. The molecule has 3 rings (SSSR count). The molecule has 1 aliphatic heterocycles. The summed E-state index contributed by atoms with van der Waals surface area (Å²) in [6.07, 6.45) is -0.886. The van der Waals surface area contributed by atoms with E-state index < -0.39 is 23.7 Å². The van der Waals surface area contributed by atoms with Crippen LogP contribution in [0.4, 0.5) is 20.6 Å². The molecule has 2 aromatic rings. The highest BCUT2D eigenvalue weighted by Crippen LogP contribution is 2.20. The average Bonchev–Trinajstić information content (AvgIpc) is 2.80. The smallest absolute Gasteiger partial charge is 0.411 e. The van der Waals surface area contributed by atoms with Crippen molar-refractivity contribution in [1.82, 2.24) is 9.80 Å². The maximum absolute atomic E-state index is 13.8. The minimum absolute atomic E-state index is 0.0531. The minimum atomic E-state index is -0.932. The van der Waals surface area contributed by atoms with Gasteiger partial charge >= 0.3 is 17.9 Å². The topological polar surface area (TPSA) is 128 Å². The van der Waals surface area contributed by atoms with Crippen molar-refractivity contribution in [3.05, 3.63) is 53.8 Å². The van der Waals surface area contributed by atoms with Gasteiger partial charge in [0.15, 0.2) is 0 Å². The molecule has 0 saturated carbocycles. The van der Waals surface area contributed by atoms with Gasteiger partial charge in [-0.05, 0) is 42.5 Å². The normalized spacial score (nSPS) is 13.3. The Morgan fingerprint density at radius 2 is 1.56 bits per heavy atom. The molecule has 0 unspecified atom stereocenters. The molecule has 1 fully saturated rings. The monoisotopic (exact) mass is 444 g/mol. The number of nitrogens with one attached hydrogen (secondary N) is 2. The van der Waals surface area contributed by atoms with E-state index in [0.717, 1.165) is 19.2 Å². The number of anilines is 2. The lowest BCUT2D eigenvalue weighted by molar-refractivity contribution is -0.144. The summed E-state index contributed by atoms with van der Waals surface area (Å²) in [6, 6.07) is 9.28. The second kappa shape index (κ2) is 9.77. The van der Waals surface area contributed by atoms with Crippen LogP contribution in [0.25, 0.3) is 0 Å². The van der Waals surface area contributed by atoms with Crippen molar-refractivity contribution in [3.63, 3.8) is 0 Å². The Labute approximate surface area is 182 Å². The van der Waals surface area contributed by atoms with E-state index in [1.807, 2.05) is 0 Å². The molecule has 1 saturated heterocycles. The van der Waals surface area contributed by atoms with Gasteiger partial charge in [0.05, 0.1) is 12.8 Å². The number of methoxy groups -OCH3 is 1. The third-order valence-electron chi connectivity index (χ3n) is 4.81. The van der Waals surface area contributed by atoms with E-state index in [1.54, 1.807) is 4.90 Å². The van der Waals surface area contributed by atoms with Crippen LogP contribution in [-0.2, 0) is 14.3 Å². The number of phenols is 1. The van der Waals surface area contributed by atoms with E-state index in [9.17, 15) is 28.7 Å². The lowest BCUT2D eigenvalue weighted by Gasteiger charge is -2.34. The Kier molecular flexibility index (Phi) is 6.88. The summed E-state index contributed by atoms with van der Waals surface area (Å²) in [5.41, 5.74) is 0.300. The van der Waals surface area contributed by atoms with E-state index in [2.05, 4.69) is 15.4 Å². The van der Waals surface area contributed by atoms with Crippen LogP contribution in [0.3, 0.4) is 0 Å². The quantitative estimate of drug-likeness (QED) is 0.618. The number of piperazine rings is 1. The molecule has 32 heavy (non-hydrogen) atoms. The van der Waals surface area contributed by atoms with Crippen molar-refractivity contribution < 1.29 is 33.4 Å². The van der Waals surface area contributed by atoms with Crippen LogP contribution in [0.2, 0.25) is 0 Å². The van der Waals surface area contributed by atoms with Crippen molar-refractivity contribution in [1.29, 1.82) is 0 Å². The molecule has 4 amide bonds. The molecule has 3 N–H and O–H groups in total. The van der Waals surface area contributed by atoms with Crippen molar-refractivity contribution in [3.8, 4) is 5.75 Å². The third-order valence-corrected chi connectivity index (χ3v) is 4.81. The Morgan fingerprint density at radius 1 is 0.938 bits per heavy atom. The summed E-state index contributed by atoms with van der Waals surface area (Å²) in [5.74, 6) is -2.66. The number of phenolic OH excluding ortho intramolecular Hbond substituents is 1. The van der Waals surface area contributed by atoms with E-state index in [4.69, 9.17) is 0 Å². The number of carbonyl (C=O) groups is 4. The number of benzene rings is 2. The van der Waals surface area contributed by atoms with Gasteiger partial charge < -0.3 is 25.0 Å². The van der Waals surface area contributed by atoms with E-state index in [1.165, 1.54) is 35.2 Å². The fourth-order valence-corrected chi connectivity index (χ4v) is 3.09. The van der Waals surface area contributed by atoms with E-state index >= 15 is 0 Å². The molecule has 10 nitrogen and oxygen atoms in total. The Hall–Kier alpha value is -4.15. The van der Waals surface area contributed by atoms with Gasteiger partial charge in [0.25, 0.3) is 5.91 Å². The standard InChI is InChI=1S/C21H21FN4O6/c1-32-21(31)24-17-12-14(4-7-16(17)22)23-18(28)20(30)26-10-8-25(9-11-26)19(29)13-2-5-15(27)6-3-13/h2-7,12,27H,8-11H2,1H3,(H,23,28)(H,24,31). The highest BCUT2D eigenvalue weighted by atomic mass is 19.1. The summed E-state index contributed by atoms with van der Waals surface area (Å²) in [5, 5.41) is 13.9. The molecular formula is C21H21FN4O6. The van der Waals surface area contributed by atoms with Crippen LogP contribution in [0.15, 0.2) is 42.5 Å². The first-order valence-electron chi connectivity index (χ1n) is 9.61. The zero-order valence-electron chi connectivity index (χ0n) is 17.1. The minimum Gasteiger partial charge on any atom is -0.508 e. The predicted octanol–water partition coefficient (Wildman–Crippen LogP) is 1.63. The van der Waals surface area contributed by atoms with Gasteiger partial charge in [0, 0.05) is 37.4 Å². The SMILES string of the molecule is COC(=O)Nc1cc(NC(=O)C(=O)N2CCN(C(=O)c3ccc(O)cc3)CC2)ccc1F. The first kappa shape index (κ1) is 22.5. The summed E-state index contributed by atoms with van der Waals surface area (Å²) in [4.78, 5) is 51.5. The Balaban J connectivity index is 1.56. The molecule has 0 bridgehead atoms. The van der Waals surface area contributed by atoms with Gasteiger partial charge in [-0.15, -0.1) is 0 Å². The zero-order valence-corrected chi connectivity index (χ0v) is 17.1. The van der Waals surface area contributed by atoms with Gasteiger partial charge in [0.1, 0.15) is 11.6 Å². The molecule has 0 radical (unpaired) electrons. The third kappa shape index (κ3) is 5.31. The molecule has 168 valence electrons. The van der Waals surface area contributed by atoms with Gasteiger partial charge in [-0.25, -0.2) is 9.18 Å². The zero-order chi connectivity index (χ0) is 23.3. The van der Waals surface area contributed by atoms with Crippen LogP contribution in [0, 0.1) is 5.82 Å². The van der Waals surface area contributed by atoms with Crippen LogP contribution in [0.1, 0.15) is 10.4 Å². The van der Waals surface area contributed by atoms with Gasteiger partial charge in [-0.3, -0.25) is 19.7 Å². The van der Waals surface area contributed by atoms with Crippen LogP contribution >= 0.6 is 0 Å². The fraction of sp³-hybridized carbons (Fsp3) is 0.238. The average molecular weight is 444 g/mol. The molecular weight excluding hydrogens is 423 g/mol. The number of hydrogen-bond donors (Lipinski definition) is 3. The Morgan fingerprint density at radius 3 is 2.19 bits per heavy atom. The number of halogens is 1. The number of amides is 4. The van der Waals surface area contributed by atoms with E-state index in [0.29, 0.717) is 5.56 Å². The summed E-state index contributed by atoms with van der Waals surface area (Å²) in [7, 11) is 1.12. The van der Waals surface area contributed by atoms with Gasteiger partial charge in [-0.1, -0.05) is 0 Å². The number of nitrogens with zero attached hydrogens (tertiary/aromatic N) is 2. The predicted molar refractivity (Wildman–Crippen MR) is 112 cm³/mol. The van der Waals surface area contributed by atoms with Crippen molar-refractivity contribution >= 4 is 35.2 Å². The second-order valence-electron chi connectivity index (χ2n) is 6.90. The summed E-state index contributed by atoms with van der Waals surface area (Å²) in [6.45, 7) is 0.800. The van der Waals surface area contributed by atoms with Crippen LogP contribution < -0.4 is 10.6 Å².